The highest BCUT2D eigenvalue weighted by Crippen LogP contribution is 2.24. The number of nitrogens with zero attached hydrogens (tertiary/aromatic N) is 2. The second-order valence-electron chi connectivity index (χ2n) is 6.37. The topological polar surface area (TPSA) is 35.3 Å². The molecule has 4 nitrogen and oxygen atoms in total. The number of pyridine rings is 1. The van der Waals surface area contributed by atoms with E-state index >= 15 is 0 Å². The predicted molar refractivity (Wildman–Crippen MR) is 116 cm³/mol. The van der Waals surface area contributed by atoms with Crippen LogP contribution in [0.5, 0.6) is 5.75 Å². The largest absolute Gasteiger partial charge is 0.497 e. The molecule has 0 amide bonds. The number of halogens is 2. The number of methoxy groups -OCH3 is 1. The Balaban J connectivity index is 1.78. The molecule has 6 heteroatoms. The number of hydrogen-bond acceptors (Lipinski definition) is 2. The molecule has 28 heavy (non-hydrogen) atoms. The zero-order chi connectivity index (χ0) is 19.7. The van der Waals surface area contributed by atoms with Gasteiger partial charge in [-0.05, 0) is 70.5 Å². The number of benzene rings is 2. The van der Waals surface area contributed by atoms with Crippen LogP contribution < -0.4 is 9.14 Å². The summed E-state index contributed by atoms with van der Waals surface area (Å²) in [6, 6.07) is 19.3. The van der Waals surface area contributed by atoms with Gasteiger partial charge in [0.05, 0.1) is 11.6 Å². The molecule has 2 heterocycles. The van der Waals surface area contributed by atoms with Crippen LogP contribution in [0.4, 0.5) is 0 Å². The number of rotatable bonds is 5. The zero-order valence-corrected chi connectivity index (χ0v) is 18.3. The van der Waals surface area contributed by atoms with Gasteiger partial charge in [-0.2, -0.15) is 0 Å². The van der Waals surface area contributed by atoms with Crippen molar-refractivity contribution in [3.63, 3.8) is 0 Å². The molecule has 0 saturated heterocycles. The van der Waals surface area contributed by atoms with Crippen LogP contribution in [0.3, 0.4) is 0 Å². The number of hydrogen-bond donors (Lipinski definition) is 0. The summed E-state index contributed by atoms with van der Waals surface area (Å²) < 4.78 is 11.3. The van der Waals surface area contributed by atoms with Crippen LogP contribution in [0.2, 0.25) is 0 Å². The lowest BCUT2D eigenvalue weighted by atomic mass is 10.1. The monoisotopic (exact) mass is 499 g/mol. The summed E-state index contributed by atoms with van der Waals surface area (Å²) in [5.74, 6) is 0.779. The van der Waals surface area contributed by atoms with Crippen molar-refractivity contribution >= 4 is 43.3 Å². The Bertz CT molecular complexity index is 1150. The van der Waals surface area contributed by atoms with E-state index in [0.717, 1.165) is 31.6 Å². The van der Waals surface area contributed by atoms with Crippen molar-refractivity contribution in [1.29, 1.82) is 0 Å². The Morgan fingerprint density at radius 1 is 0.929 bits per heavy atom. The zero-order valence-electron chi connectivity index (χ0n) is 15.1. The van der Waals surface area contributed by atoms with Gasteiger partial charge >= 0.3 is 0 Å². The van der Waals surface area contributed by atoms with Gasteiger partial charge in [0.25, 0.3) is 5.65 Å². The van der Waals surface area contributed by atoms with Gasteiger partial charge in [-0.1, -0.05) is 15.9 Å². The number of imidazole rings is 1. The molecule has 0 aliphatic heterocycles. The highest BCUT2D eigenvalue weighted by molar-refractivity contribution is 9.10. The van der Waals surface area contributed by atoms with Gasteiger partial charge < -0.3 is 4.74 Å². The molecule has 0 spiro atoms. The fourth-order valence-corrected chi connectivity index (χ4v) is 3.79. The molecule has 0 saturated carbocycles. The first-order valence-electron chi connectivity index (χ1n) is 8.68. The lowest BCUT2D eigenvalue weighted by molar-refractivity contribution is -0.511. The summed E-state index contributed by atoms with van der Waals surface area (Å²) in [6.07, 6.45) is 4.04. The van der Waals surface area contributed by atoms with E-state index in [9.17, 15) is 4.79 Å². The number of ether oxygens (including phenoxy) is 1. The smallest absolute Gasteiger partial charge is 0.287 e. The molecule has 2 aromatic carbocycles. The maximum atomic E-state index is 13.0. The van der Waals surface area contributed by atoms with E-state index in [4.69, 9.17) is 4.74 Å². The number of Topliss-reactive ketones (excluding diaryl/α,β-unsaturated/α-hetero) is 1. The molecule has 0 aliphatic carbocycles. The van der Waals surface area contributed by atoms with E-state index in [1.54, 1.807) is 19.2 Å². The van der Waals surface area contributed by atoms with Gasteiger partial charge in [0.2, 0.25) is 5.78 Å². The van der Waals surface area contributed by atoms with Gasteiger partial charge in [-0.3, -0.25) is 4.79 Å². The van der Waals surface area contributed by atoms with Gasteiger partial charge in [0.1, 0.15) is 18.1 Å². The Morgan fingerprint density at radius 3 is 2.29 bits per heavy atom. The first-order valence-corrected chi connectivity index (χ1v) is 10.3. The van der Waals surface area contributed by atoms with Crippen LogP contribution >= 0.6 is 31.9 Å². The highest BCUT2D eigenvalue weighted by Gasteiger charge is 2.22. The minimum Gasteiger partial charge on any atom is -0.497 e. The Labute approximate surface area is 179 Å². The van der Waals surface area contributed by atoms with Crippen LogP contribution in [0.25, 0.3) is 16.9 Å². The average Bonchev–Trinajstić information content (AvgIpc) is 3.06. The van der Waals surface area contributed by atoms with Crippen LogP contribution in [0.1, 0.15) is 10.4 Å². The van der Waals surface area contributed by atoms with Crippen LogP contribution in [0, 0.1) is 0 Å². The predicted octanol–water partition coefficient (Wildman–Crippen LogP) is 5.31. The molecular weight excluding hydrogens is 484 g/mol. The quantitative estimate of drug-likeness (QED) is 0.275. The number of aromatic nitrogens is 2. The summed E-state index contributed by atoms with van der Waals surface area (Å²) in [5, 5.41) is 0. The van der Waals surface area contributed by atoms with Crippen molar-refractivity contribution in [3.05, 3.63) is 87.6 Å². The lowest BCUT2D eigenvalue weighted by Crippen LogP contribution is -2.20. The third kappa shape index (κ3) is 3.75. The van der Waals surface area contributed by atoms with Gasteiger partial charge in [0, 0.05) is 21.7 Å². The molecule has 0 unspecified atom stereocenters. The number of carbonyl (C=O) groups excluding carboxylic acids is 1. The SMILES string of the molecule is COc1ccc(C(=O)Cn2c(-c3ccc(Br)cc3)c[n+]3cc(Br)ccc23)cc1. The molecule has 0 fully saturated rings. The summed E-state index contributed by atoms with van der Waals surface area (Å²) in [5.41, 5.74) is 3.63. The molecule has 0 bridgehead atoms. The van der Waals surface area contributed by atoms with Crippen LogP contribution in [-0.2, 0) is 6.54 Å². The third-order valence-corrected chi connectivity index (χ3v) is 5.60. The fraction of sp³-hybridized carbons (Fsp3) is 0.0909. The Morgan fingerprint density at radius 2 is 1.61 bits per heavy atom. The van der Waals surface area contributed by atoms with Crippen molar-refractivity contribution < 1.29 is 13.9 Å². The summed E-state index contributed by atoms with van der Waals surface area (Å²) in [6.45, 7) is 0.246. The molecule has 0 N–H and O–H groups in total. The second kappa shape index (κ2) is 7.89. The van der Waals surface area contributed by atoms with E-state index in [1.165, 1.54) is 0 Å². The highest BCUT2D eigenvalue weighted by atomic mass is 79.9. The summed E-state index contributed by atoms with van der Waals surface area (Å²) >= 11 is 7.00. The Kier molecular flexibility index (Phi) is 5.33. The van der Waals surface area contributed by atoms with Crippen molar-refractivity contribution in [2.24, 2.45) is 0 Å². The van der Waals surface area contributed by atoms with E-state index in [2.05, 4.69) is 31.9 Å². The van der Waals surface area contributed by atoms with Gasteiger partial charge in [-0.15, -0.1) is 0 Å². The average molecular weight is 501 g/mol. The maximum absolute atomic E-state index is 13.0. The first kappa shape index (κ1) is 18.9. The van der Waals surface area contributed by atoms with Gasteiger partial charge in [0.15, 0.2) is 12.2 Å². The molecule has 140 valence electrons. The molecule has 0 radical (unpaired) electrons. The maximum Gasteiger partial charge on any atom is 0.287 e. The second-order valence-corrected chi connectivity index (χ2v) is 8.20. The third-order valence-electron chi connectivity index (χ3n) is 4.60. The summed E-state index contributed by atoms with van der Waals surface area (Å²) in [4.78, 5) is 13.0. The molecule has 2 aromatic heterocycles. The van der Waals surface area contributed by atoms with E-state index in [1.807, 2.05) is 69.9 Å². The Hall–Kier alpha value is -2.44. The molecule has 0 atom stereocenters. The number of fused-ring (bicyclic) bond motifs is 1. The van der Waals surface area contributed by atoms with Crippen molar-refractivity contribution in [1.82, 2.24) is 4.57 Å². The van der Waals surface area contributed by atoms with E-state index in [-0.39, 0.29) is 12.3 Å². The lowest BCUT2D eigenvalue weighted by Gasteiger charge is -2.05. The molecular formula is C22H17Br2N2O2+. The normalized spacial score (nSPS) is 11.0. The van der Waals surface area contributed by atoms with Crippen molar-refractivity contribution in [2.45, 2.75) is 6.54 Å². The number of carbonyl (C=O) groups is 1. The molecule has 0 aliphatic rings. The summed E-state index contributed by atoms with van der Waals surface area (Å²) in [7, 11) is 1.61. The van der Waals surface area contributed by atoms with Crippen LogP contribution in [0.15, 0.2) is 82.0 Å². The molecule has 4 rings (SSSR count). The number of ketones is 1. The fourth-order valence-electron chi connectivity index (χ4n) is 3.17. The molecule has 4 aromatic rings. The van der Waals surface area contributed by atoms with E-state index in [0.29, 0.717) is 5.56 Å². The van der Waals surface area contributed by atoms with Crippen LogP contribution in [-0.4, -0.2) is 17.5 Å². The van der Waals surface area contributed by atoms with Gasteiger partial charge in [-0.25, -0.2) is 8.97 Å². The standard InChI is InChI=1S/C22H17Br2N2O2/c1-28-19-9-4-16(5-10-19)21(27)14-26-20(15-2-6-17(23)7-3-15)13-25-12-18(24)8-11-22(25)26/h2-13H,14H2,1H3/q+1. The first-order chi connectivity index (χ1) is 13.5. The van der Waals surface area contributed by atoms with E-state index < -0.39 is 0 Å². The van der Waals surface area contributed by atoms with Crippen molar-refractivity contribution in [3.8, 4) is 17.0 Å². The minimum atomic E-state index is 0.0435. The van der Waals surface area contributed by atoms with Crippen molar-refractivity contribution in [2.75, 3.05) is 7.11 Å². The minimum absolute atomic E-state index is 0.0435.